The van der Waals surface area contributed by atoms with Crippen molar-refractivity contribution in [3.8, 4) is 11.1 Å². The predicted molar refractivity (Wildman–Crippen MR) is 126 cm³/mol. The number of carbonyl (C=O) groups excluding carboxylic acids is 1. The normalized spacial score (nSPS) is 22.6. The maximum Gasteiger partial charge on any atom is 0.410 e. The fourth-order valence-corrected chi connectivity index (χ4v) is 5.63. The van der Waals surface area contributed by atoms with Gasteiger partial charge in [-0.15, -0.1) is 0 Å². The van der Waals surface area contributed by atoms with E-state index in [0.717, 1.165) is 37.5 Å². The SMILES string of the molecule is CC(C)(C)OC(=O)N1CC[C@H]2[C@@H](C1)c1cc(-c3ccc(Cl)cc3)cc3c1N2CCCC3. The summed E-state index contributed by atoms with van der Waals surface area (Å²) in [6.07, 6.45) is 4.38. The zero-order valence-corrected chi connectivity index (χ0v) is 19.4. The number of likely N-dealkylation sites (tertiary alicyclic amines) is 1. The lowest BCUT2D eigenvalue weighted by Crippen LogP contribution is -2.49. The first-order chi connectivity index (χ1) is 14.8. The molecule has 0 unspecified atom stereocenters. The van der Waals surface area contributed by atoms with Gasteiger partial charge in [-0.3, -0.25) is 0 Å². The summed E-state index contributed by atoms with van der Waals surface area (Å²) >= 11 is 6.13. The zero-order valence-electron chi connectivity index (χ0n) is 18.7. The predicted octanol–water partition coefficient (Wildman–Crippen LogP) is 6.26. The van der Waals surface area contributed by atoms with Crippen LogP contribution >= 0.6 is 11.6 Å². The highest BCUT2D eigenvalue weighted by molar-refractivity contribution is 6.30. The summed E-state index contributed by atoms with van der Waals surface area (Å²) < 4.78 is 5.69. The summed E-state index contributed by atoms with van der Waals surface area (Å²) in [4.78, 5) is 17.4. The summed E-state index contributed by atoms with van der Waals surface area (Å²) in [6.45, 7) is 8.41. The fourth-order valence-electron chi connectivity index (χ4n) is 5.50. The molecule has 164 valence electrons. The average molecular weight is 439 g/mol. The molecular weight excluding hydrogens is 408 g/mol. The van der Waals surface area contributed by atoms with Crippen LogP contribution in [0.1, 0.15) is 57.1 Å². The summed E-state index contributed by atoms with van der Waals surface area (Å²) in [6, 6.07) is 13.3. The number of aryl methyl sites for hydroxylation is 1. The molecule has 1 fully saturated rings. The van der Waals surface area contributed by atoms with Gasteiger partial charge in [-0.05, 0) is 93.0 Å². The van der Waals surface area contributed by atoms with Gasteiger partial charge in [-0.1, -0.05) is 23.7 Å². The quantitative estimate of drug-likeness (QED) is 0.527. The van der Waals surface area contributed by atoms with Crippen LogP contribution in [0.4, 0.5) is 10.5 Å². The number of anilines is 1. The van der Waals surface area contributed by atoms with Crippen molar-refractivity contribution in [2.45, 2.75) is 64.0 Å². The molecule has 0 radical (unpaired) electrons. The molecule has 5 heteroatoms. The molecule has 2 aromatic carbocycles. The summed E-state index contributed by atoms with van der Waals surface area (Å²) in [5, 5.41) is 0.759. The van der Waals surface area contributed by atoms with Gasteiger partial charge in [-0.2, -0.15) is 0 Å². The second-order valence-electron chi connectivity index (χ2n) is 10.1. The van der Waals surface area contributed by atoms with Gasteiger partial charge in [-0.25, -0.2) is 4.79 Å². The van der Waals surface area contributed by atoms with Crippen LogP contribution < -0.4 is 4.90 Å². The van der Waals surface area contributed by atoms with Crippen LogP contribution in [-0.4, -0.2) is 42.3 Å². The Morgan fingerprint density at radius 2 is 1.84 bits per heavy atom. The number of nitrogens with zero attached hydrogens (tertiary/aromatic N) is 2. The third-order valence-corrected chi connectivity index (χ3v) is 7.06. The Kier molecular flexibility index (Phi) is 5.16. The lowest BCUT2D eigenvalue weighted by Gasteiger charge is -2.39. The highest BCUT2D eigenvalue weighted by Gasteiger charge is 2.45. The maximum absolute atomic E-state index is 12.8. The van der Waals surface area contributed by atoms with Gasteiger partial charge in [0.2, 0.25) is 0 Å². The second-order valence-corrected chi connectivity index (χ2v) is 10.6. The number of hydrogen-bond donors (Lipinski definition) is 0. The van der Waals surface area contributed by atoms with E-state index in [1.807, 2.05) is 37.8 Å². The maximum atomic E-state index is 12.8. The van der Waals surface area contributed by atoms with Crippen LogP contribution in [-0.2, 0) is 11.2 Å². The number of rotatable bonds is 1. The Morgan fingerprint density at radius 3 is 2.58 bits per heavy atom. The fraction of sp³-hybridized carbons (Fsp3) is 0.500. The lowest BCUT2D eigenvalue weighted by molar-refractivity contribution is 0.0189. The topological polar surface area (TPSA) is 32.8 Å². The van der Waals surface area contributed by atoms with Gasteiger partial charge in [0.1, 0.15) is 5.60 Å². The molecule has 4 nitrogen and oxygen atoms in total. The van der Waals surface area contributed by atoms with Crippen molar-refractivity contribution in [1.82, 2.24) is 4.90 Å². The Balaban J connectivity index is 1.52. The van der Waals surface area contributed by atoms with E-state index in [-0.39, 0.29) is 6.09 Å². The number of ether oxygens (including phenoxy) is 1. The van der Waals surface area contributed by atoms with Gasteiger partial charge >= 0.3 is 6.09 Å². The molecule has 0 saturated carbocycles. The molecule has 0 spiro atoms. The first-order valence-electron chi connectivity index (χ1n) is 11.5. The minimum absolute atomic E-state index is 0.188. The van der Waals surface area contributed by atoms with Crippen molar-refractivity contribution in [2.24, 2.45) is 0 Å². The molecule has 0 N–H and O–H groups in total. The molecule has 3 aliphatic rings. The molecule has 2 aromatic rings. The summed E-state index contributed by atoms with van der Waals surface area (Å²) in [7, 11) is 0. The third-order valence-electron chi connectivity index (χ3n) is 6.81. The number of carbonyl (C=O) groups is 1. The van der Waals surface area contributed by atoms with Crippen molar-refractivity contribution in [1.29, 1.82) is 0 Å². The largest absolute Gasteiger partial charge is 0.444 e. The summed E-state index contributed by atoms with van der Waals surface area (Å²) in [5.74, 6) is 0.334. The van der Waals surface area contributed by atoms with E-state index in [9.17, 15) is 4.79 Å². The van der Waals surface area contributed by atoms with Crippen LogP contribution in [0.3, 0.4) is 0 Å². The average Bonchev–Trinajstić information content (AvgIpc) is 2.87. The number of amides is 1. The van der Waals surface area contributed by atoms with Crippen LogP contribution in [0.5, 0.6) is 0 Å². The highest BCUT2D eigenvalue weighted by Crippen LogP contribution is 2.49. The number of hydrogen-bond acceptors (Lipinski definition) is 3. The molecule has 2 atom stereocenters. The van der Waals surface area contributed by atoms with Gasteiger partial charge in [0.25, 0.3) is 0 Å². The molecule has 5 rings (SSSR count). The van der Waals surface area contributed by atoms with Crippen molar-refractivity contribution in [3.05, 3.63) is 52.5 Å². The Labute approximate surface area is 190 Å². The number of piperidine rings is 1. The summed E-state index contributed by atoms with van der Waals surface area (Å²) in [5.41, 5.74) is 6.28. The van der Waals surface area contributed by atoms with E-state index >= 15 is 0 Å². The van der Waals surface area contributed by atoms with Gasteiger partial charge in [0, 0.05) is 42.3 Å². The Hall–Kier alpha value is -2.20. The molecule has 3 heterocycles. The molecule has 0 aromatic heterocycles. The molecule has 31 heavy (non-hydrogen) atoms. The van der Waals surface area contributed by atoms with Gasteiger partial charge in [0.05, 0.1) is 0 Å². The molecule has 1 amide bonds. The number of fused-ring (bicyclic) bond motifs is 3. The van der Waals surface area contributed by atoms with Gasteiger partial charge < -0.3 is 14.5 Å². The molecule has 1 saturated heterocycles. The van der Waals surface area contributed by atoms with E-state index < -0.39 is 5.60 Å². The van der Waals surface area contributed by atoms with Crippen molar-refractivity contribution in [3.63, 3.8) is 0 Å². The van der Waals surface area contributed by atoms with Gasteiger partial charge in [0.15, 0.2) is 0 Å². The molecule has 0 aliphatic carbocycles. The second kappa shape index (κ2) is 7.74. The first kappa shape index (κ1) is 20.7. The van der Waals surface area contributed by atoms with Crippen LogP contribution in [0.2, 0.25) is 5.02 Å². The smallest absolute Gasteiger partial charge is 0.410 e. The van der Waals surface area contributed by atoms with Crippen LogP contribution in [0.15, 0.2) is 36.4 Å². The van der Waals surface area contributed by atoms with Crippen molar-refractivity contribution >= 4 is 23.4 Å². The first-order valence-corrected chi connectivity index (χ1v) is 11.9. The van der Waals surface area contributed by atoms with E-state index in [1.54, 1.807) is 0 Å². The Morgan fingerprint density at radius 1 is 1.06 bits per heavy atom. The van der Waals surface area contributed by atoms with E-state index in [1.165, 1.54) is 40.8 Å². The monoisotopic (exact) mass is 438 g/mol. The minimum atomic E-state index is -0.469. The van der Waals surface area contributed by atoms with E-state index in [2.05, 4.69) is 29.2 Å². The van der Waals surface area contributed by atoms with Crippen LogP contribution in [0, 0.1) is 0 Å². The third kappa shape index (κ3) is 3.91. The highest BCUT2D eigenvalue weighted by atomic mass is 35.5. The minimum Gasteiger partial charge on any atom is -0.444 e. The molecule has 0 bridgehead atoms. The standard InChI is InChI=1S/C26H31ClN2O2/c1-26(2,3)31-25(30)28-13-11-23-22(16-28)21-15-19(17-7-9-20(27)10-8-17)14-18-6-4-5-12-29(23)24(18)21/h7-10,14-15,22-23H,4-6,11-13,16H2,1-3H3/t22-,23-/m0/s1. The van der Waals surface area contributed by atoms with Crippen molar-refractivity contribution < 1.29 is 9.53 Å². The Bertz CT molecular complexity index is 996. The van der Waals surface area contributed by atoms with E-state index in [4.69, 9.17) is 16.3 Å². The molecular formula is C26H31ClN2O2. The zero-order chi connectivity index (χ0) is 21.8. The lowest BCUT2D eigenvalue weighted by atomic mass is 9.86. The van der Waals surface area contributed by atoms with Crippen LogP contribution in [0.25, 0.3) is 11.1 Å². The number of halogens is 1. The van der Waals surface area contributed by atoms with E-state index in [0.29, 0.717) is 12.0 Å². The number of benzene rings is 2. The van der Waals surface area contributed by atoms with Crippen molar-refractivity contribution in [2.75, 3.05) is 24.5 Å². The molecule has 3 aliphatic heterocycles.